The minimum atomic E-state index is -4.51. The van der Waals surface area contributed by atoms with Crippen molar-refractivity contribution in [3.8, 4) is 0 Å². The van der Waals surface area contributed by atoms with Gasteiger partial charge in [-0.05, 0) is 44.4 Å². The molecule has 0 aliphatic carbocycles. The zero-order chi connectivity index (χ0) is 21.1. The summed E-state index contributed by atoms with van der Waals surface area (Å²) in [5.74, 6) is 1.78. The van der Waals surface area contributed by atoms with Crippen molar-refractivity contribution in [2.45, 2.75) is 57.2 Å². The smallest absolute Gasteiger partial charge is 0.324 e. The second-order valence-electron chi connectivity index (χ2n) is 8.10. The molecular formula is C21H26F3N5O. The number of nitrogens with zero attached hydrogens (tertiary/aromatic N) is 4. The summed E-state index contributed by atoms with van der Waals surface area (Å²) in [6.07, 6.45) is 1.78. The molecule has 3 heterocycles. The van der Waals surface area contributed by atoms with E-state index in [4.69, 9.17) is 0 Å². The molecule has 1 aromatic carbocycles. The van der Waals surface area contributed by atoms with Crippen LogP contribution in [0.4, 0.5) is 18.9 Å². The maximum absolute atomic E-state index is 13.2. The lowest BCUT2D eigenvalue weighted by atomic mass is 9.97. The number of piperidine rings is 1. The first kappa shape index (κ1) is 20.8. The highest BCUT2D eigenvalue weighted by Crippen LogP contribution is 2.34. The third kappa shape index (κ3) is 4.66. The van der Waals surface area contributed by atoms with Crippen molar-refractivity contribution in [2.24, 2.45) is 0 Å². The Hall–Kier alpha value is -2.42. The van der Waals surface area contributed by atoms with Gasteiger partial charge in [-0.3, -0.25) is 9.69 Å². The first-order valence-electron chi connectivity index (χ1n) is 10.5. The van der Waals surface area contributed by atoms with E-state index >= 15 is 0 Å². The molecule has 0 bridgehead atoms. The Kier molecular flexibility index (Phi) is 6.08. The van der Waals surface area contributed by atoms with E-state index in [-0.39, 0.29) is 18.2 Å². The largest absolute Gasteiger partial charge is 0.418 e. The molecule has 4 rings (SSSR count). The van der Waals surface area contributed by atoms with Crippen molar-refractivity contribution >= 4 is 11.6 Å². The maximum atomic E-state index is 13.2. The Morgan fingerprint density at radius 2 is 1.93 bits per heavy atom. The van der Waals surface area contributed by atoms with Crippen molar-refractivity contribution in [1.29, 1.82) is 0 Å². The average molecular weight is 421 g/mol. The van der Waals surface area contributed by atoms with Gasteiger partial charge in [-0.2, -0.15) is 13.2 Å². The molecule has 30 heavy (non-hydrogen) atoms. The molecule has 2 aromatic rings. The van der Waals surface area contributed by atoms with E-state index in [1.54, 1.807) is 0 Å². The van der Waals surface area contributed by atoms with Crippen LogP contribution in [0.3, 0.4) is 0 Å². The van der Waals surface area contributed by atoms with Crippen molar-refractivity contribution in [3.05, 3.63) is 41.5 Å². The number of para-hydroxylation sites is 1. The predicted octanol–water partition coefficient (Wildman–Crippen LogP) is 3.84. The highest BCUT2D eigenvalue weighted by molar-refractivity contribution is 5.93. The summed E-state index contributed by atoms with van der Waals surface area (Å²) in [5, 5.41) is 11.3. The van der Waals surface area contributed by atoms with Gasteiger partial charge in [-0.1, -0.05) is 18.6 Å². The molecule has 1 N–H and O–H groups in total. The topological polar surface area (TPSA) is 63.1 Å². The fraction of sp³-hybridized carbons (Fsp3) is 0.571. The predicted molar refractivity (Wildman–Crippen MR) is 106 cm³/mol. The van der Waals surface area contributed by atoms with Crippen molar-refractivity contribution in [1.82, 2.24) is 19.7 Å². The molecule has 1 atom stereocenters. The van der Waals surface area contributed by atoms with Gasteiger partial charge in [0, 0.05) is 25.4 Å². The number of benzene rings is 1. The normalized spacial score (nSPS) is 20.4. The summed E-state index contributed by atoms with van der Waals surface area (Å²) < 4.78 is 41.7. The third-order valence-corrected chi connectivity index (χ3v) is 5.88. The number of hydrogen-bond acceptors (Lipinski definition) is 4. The van der Waals surface area contributed by atoms with E-state index < -0.39 is 17.6 Å². The van der Waals surface area contributed by atoms with Crippen LogP contribution in [0.2, 0.25) is 0 Å². The fourth-order valence-electron chi connectivity index (χ4n) is 4.45. The minimum Gasteiger partial charge on any atom is -0.324 e. The Morgan fingerprint density at radius 1 is 1.10 bits per heavy atom. The van der Waals surface area contributed by atoms with Gasteiger partial charge in [-0.15, -0.1) is 10.2 Å². The molecule has 1 amide bonds. The second-order valence-corrected chi connectivity index (χ2v) is 8.10. The molecule has 1 unspecified atom stereocenters. The van der Waals surface area contributed by atoms with Crippen LogP contribution >= 0.6 is 0 Å². The van der Waals surface area contributed by atoms with Gasteiger partial charge in [0.05, 0.1) is 17.8 Å². The standard InChI is InChI=1S/C21H26F3N5O/c22-21(23,24)16-8-3-4-9-17(16)25-19(30)14-28-11-6-7-15(13-28)20-27-26-18-10-2-1-5-12-29(18)20/h3-4,8-9,15H,1-2,5-7,10-14H2,(H,25,30). The zero-order valence-corrected chi connectivity index (χ0v) is 16.8. The van der Waals surface area contributed by atoms with E-state index in [1.165, 1.54) is 24.6 Å². The number of hydrogen-bond donors (Lipinski definition) is 1. The summed E-state index contributed by atoms with van der Waals surface area (Å²) in [5.41, 5.74) is -1.03. The Bertz CT molecular complexity index is 895. The number of likely N-dealkylation sites (tertiary alicyclic amines) is 1. The molecule has 1 aromatic heterocycles. The molecule has 0 saturated carbocycles. The lowest BCUT2D eigenvalue weighted by Crippen LogP contribution is -2.40. The summed E-state index contributed by atoms with van der Waals surface area (Å²) in [7, 11) is 0. The van der Waals surface area contributed by atoms with Crippen molar-refractivity contribution in [2.75, 3.05) is 25.0 Å². The van der Waals surface area contributed by atoms with E-state index in [1.807, 2.05) is 4.90 Å². The van der Waals surface area contributed by atoms with Crippen LogP contribution in [-0.4, -0.2) is 45.2 Å². The van der Waals surface area contributed by atoms with Crippen LogP contribution in [0.1, 0.15) is 55.2 Å². The summed E-state index contributed by atoms with van der Waals surface area (Å²) in [6.45, 7) is 2.39. The first-order valence-corrected chi connectivity index (χ1v) is 10.5. The van der Waals surface area contributed by atoms with Crippen molar-refractivity contribution in [3.63, 3.8) is 0 Å². The van der Waals surface area contributed by atoms with Crippen LogP contribution in [0.15, 0.2) is 24.3 Å². The lowest BCUT2D eigenvalue weighted by molar-refractivity contribution is -0.137. The maximum Gasteiger partial charge on any atom is 0.418 e. The summed E-state index contributed by atoms with van der Waals surface area (Å²) >= 11 is 0. The number of halogens is 3. The molecule has 0 radical (unpaired) electrons. The molecule has 162 valence electrons. The van der Waals surface area contributed by atoms with Crippen LogP contribution < -0.4 is 5.32 Å². The van der Waals surface area contributed by atoms with Crippen LogP contribution in [0.25, 0.3) is 0 Å². The number of amides is 1. The lowest BCUT2D eigenvalue weighted by Gasteiger charge is -2.32. The molecule has 2 aliphatic rings. The van der Waals surface area contributed by atoms with Gasteiger partial charge in [0.1, 0.15) is 11.6 Å². The average Bonchev–Trinajstić information content (AvgIpc) is 2.96. The van der Waals surface area contributed by atoms with Crippen LogP contribution in [0.5, 0.6) is 0 Å². The van der Waals surface area contributed by atoms with Gasteiger partial charge >= 0.3 is 6.18 Å². The van der Waals surface area contributed by atoms with Crippen molar-refractivity contribution < 1.29 is 18.0 Å². The highest BCUT2D eigenvalue weighted by Gasteiger charge is 2.34. The molecular weight excluding hydrogens is 395 g/mol. The van der Waals surface area contributed by atoms with E-state index in [9.17, 15) is 18.0 Å². The molecule has 1 fully saturated rings. The number of fused-ring (bicyclic) bond motifs is 1. The number of carbonyl (C=O) groups excluding carboxylic acids is 1. The van der Waals surface area contributed by atoms with Crippen LogP contribution in [0, 0.1) is 0 Å². The minimum absolute atomic E-state index is 0.0592. The van der Waals surface area contributed by atoms with Gasteiger partial charge in [0.2, 0.25) is 5.91 Å². The quantitative estimate of drug-likeness (QED) is 0.815. The van der Waals surface area contributed by atoms with E-state index in [0.717, 1.165) is 62.9 Å². The van der Waals surface area contributed by atoms with Gasteiger partial charge in [-0.25, -0.2) is 0 Å². The number of nitrogens with one attached hydrogen (secondary N) is 1. The fourth-order valence-corrected chi connectivity index (χ4v) is 4.45. The Labute approximate surface area is 173 Å². The zero-order valence-electron chi connectivity index (χ0n) is 16.8. The Morgan fingerprint density at radius 3 is 2.77 bits per heavy atom. The first-order chi connectivity index (χ1) is 14.4. The number of rotatable bonds is 4. The monoisotopic (exact) mass is 421 g/mol. The number of aromatic nitrogens is 3. The number of aryl methyl sites for hydroxylation is 1. The molecule has 6 nitrogen and oxygen atoms in total. The molecule has 0 spiro atoms. The highest BCUT2D eigenvalue weighted by atomic mass is 19.4. The number of anilines is 1. The summed E-state index contributed by atoms with van der Waals surface area (Å²) in [4.78, 5) is 14.5. The molecule has 1 saturated heterocycles. The van der Waals surface area contributed by atoms with Crippen LogP contribution in [-0.2, 0) is 23.9 Å². The van der Waals surface area contributed by atoms with Gasteiger partial charge in [0.15, 0.2) is 0 Å². The van der Waals surface area contributed by atoms with E-state index in [0.29, 0.717) is 6.54 Å². The van der Waals surface area contributed by atoms with Gasteiger partial charge < -0.3 is 9.88 Å². The molecule has 9 heteroatoms. The number of alkyl halides is 3. The SMILES string of the molecule is O=C(CN1CCCC(c2nnc3n2CCCCC3)C1)Nc1ccccc1C(F)(F)F. The third-order valence-electron chi connectivity index (χ3n) is 5.88. The van der Waals surface area contributed by atoms with E-state index in [2.05, 4.69) is 20.1 Å². The molecule has 2 aliphatic heterocycles. The summed E-state index contributed by atoms with van der Waals surface area (Å²) in [6, 6.07) is 5.06. The van der Waals surface area contributed by atoms with Gasteiger partial charge in [0.25, 0.3) is 0 Å². The second kappa shape index (κ2) is 8.75. The Balaban J connectivity index is 1.40. The number of carbonyl (C=O) groups is 1.